The number of nitrogens with one attached hydrogen (secondary N) is 1. The first kappa shape index (κ1) is 12.2. The SMILES string of the molecule is COc1ncccc1NC1CCC(C)(C)CC1. The van der Waals surface area contributed by atoms with Crippen molar-refractivity contribution in [2.75, 3.05) is 12.4 Å². The van der Waals surface area contributed by atoms with Gasteiger partial charge in [-0.25, -0.2) is 4.98 Å². The lowest BCUT2D eigenvalue weighted by Gasteiger charge is -2.35. The van der Waals surface area contributed by atoms with Crippen molar-refractivity contribution in [1.29, 1.82) is 0 Å². The number of nitrogens with zero attached hydrogens (tertiary/aromatic N) is 1. The third-order valence-electron chi connectivity index (χ3n) is 3.66. The molecular formula is C14H22N2O. The second kappa shape index (κ2) is 4.94. The van der Waals surface area contributed by atoms with Crippen LogP contribution in [0.1, 0.15) is 39.5 Å². The summed E-state index contributed by atoms with van der Waals surface area (Å²) in [6.45, 7) is 4.71. The molecule has 1 heterocycles. The van der Waals surface area contributed by atoms with Crippen LogP contribution in [0.5, 0.6) is 5.88 Å². The third kappa shape index (κ3) is 3.11. The van der Waals surface area contributed by atoms with E-state index in [-0.39, 0.29) is 0 Å². The summed E-state index contributed by atoms with van der Waals surface area (Å²) >= 11 is 0. The molecule has 0 spiro atoms. The Morgan fingerprint density at radius 2 is 2.06 bits per heavy atom. The van der Waals surface area contributed by atoms with Gasteiger partial charge in [0, 0.05) is 12.2 Å². The first-order valence-electron chi connectivity index (χ1n) is 6.36. The molecule has 1 aromatic heterocycles. The van der Waals surface area contributed by atoms with Crippen LogP contribution in [0.25, 0.3) is 0 Å². The second-order valence-corrected chi connectivity index (χ2v) is 5.64. The van der Waals surface area contributed by atoms with Crippen LogP contribution in [0.3, 0.4) is 0 Å². The van der Waals surface area contributed by atoms with E-state index < -0.39 is 0 Å². The maximum atomic E-state index is 5.25. The van der Waals surface area contributed by atoms with E-state index in [1.807, 2.05) is 12.1 Å². The van der Waals surface area contributed by atoms with Gasteiger partial charge in [0.05, 0.1) is 12.8 Å². The molecule has 0 saturated heterocycles. The van der Waals surface area contributed by atoms with Crippen LogP contribution in [0.2, 0.25) is 0 Å². The Morgan fingerprint density at radius 1 is 1.35 bits per heavy atom. The van der Waals surface area contributed by atoms with E-state index in [4.69, 9.17) is 4.74 Å². The van der Waals surface area contributed by atoms with Crippen LogP contribution in [0.15, 0.2) is 18.3 Å². The van der Waals surface area contributed by atoms with Gasteiger partial charge in [0.1, 0.15) is 0 Å². The van der Waals surface area contributed by atoms with Gasteiger partial charge < -0.3 is 10.1 Å². The summed E-state index contributed by atoms with van der Waals surface area (Å²) in [5.74, 6) is 0.692. The Labute approximate surface area is 104 Å². The molecule has 1 N–H and O–H groups in total. The highest BCUT2D eigenvalue weighted by atomic mass is 16.5. The van der Waals surface area contributed by atoms with E-state index in [9.17, 15) is 0 Å². The highest BCUT2D eigenvalue weighted by Crippen LogP contribution is 2.36. The van der Waals surface area contributed by atoms with Crippen LogP contribution in [0, 0.1) is 5.41 Å². The first-order valence-corrected chi connectivity index (χ1v) is 6.36. The molecule has 1 aliphatic carbocycles. The molecule has 3 nitrogen and oxygen atoms in total. The molecule has 0 unspecified atom stereocenters. The Bertz CT molecular complexity index is 366. The minimum absolute atomic E-state index is 0.511. The summed E-state index contributed by atoms with van der Waals surface area (Å²) in [6, 6.07) is 4.53. The first-order chi connectivity index (χ1) is 8.11. The number of hydrogen-bond acceptors (Lipinski definition) is 3. The average Bonchev–Trinajstić information content (AvgIpc) is 2.32. The van der Waals surface area contributed by atoms with Crippen molar-refractivity contribution in [3.63, 3.8) is 0 Å². The van der Waals surface area contributed by atoms with Crippen molar-refractivity contribution < 1.29 is 4.74 Å². The quantitative estimate of drug-likeness (QED) is 0.869. The lowest BCUT2D eigenvalue weighted by atomic mass is 9.75. The van der Waals surface area contributed by atoms with Gasteiger partial charge in [-0.3, -0.25) is 0 Å². The molecule has 17 heavy (non-hydrogen) atoms. The molecule has 1 aliphatic rings. The number of ether oxygens (including phenoxy) is 1. The maximum absolute atomic E-state index is 5.25. The van der Waals surface area contributed by atoms with Crippen molar-refractivity contribution in [2.24, 2.45) is 5.41 Å². The highest BCUT2D eigenvalue weighted by Gasteiger charge is 2.27. The number of rotatable bonds is 3. The van der Waals surface area contributed by atoms with Gasteiger partial charge in [-0.15, -0.1) is 0 Å². The number of aromatic nitrogens is 1. The number of anilines is 1. The van der Waals surface area contributed by atoms with E-state index in [0.717, 1.165) is 5.69 Å². The van der Waals surface area contributed by atoms with Gasteiger partial charge in [-0.2, -0.15) is 0 Å². The van der Waals surface area contributed by atoms with Crippen LogP contribution in [-0.2, 0) is 0 Å². The molecule has 0 aromatic carbocycles. The zero-order chi connectivity index (χ0) is 12.3. The van der Waals surface area contributed by atoms with Crippen molar-refractivity contribution in [3.8, 4) is 5.88 Å². The molecule has 0 radical (unpaired) electrons. The molecule has 1 fully saturated rings. The summed E-state index contributed by atoms with van der Waals surface area (Å²) in [7, 11) is 1.66. The molecule has 2 rings (SSSR count). The van der Waals surface area contributed by atoms with Crippen molar-refractivity contribution in [3.05, 3.63) is 18.3 Å². The smallest absolute Gasteiger partial charge is 0.237 e. The highest BCUT2D eigenvalue weighted by molar-refractivity contribution is 5.52. The van der Waals surface area contributed by atoms with Gasteiger partial charge in [-0.05, 0) is 43.2 Å². The number of hydrogen-bond donors (Lipinski definition) is 1. The fourth-order valence-corrected chi connectivity index (χ4v) is 2.43. The summed E-state index contributed by atoms with van der Waals surface area (Å²) in [5, 5.41) is 3.55. The van der Waals surface area contributed by atoms with E-state index in [2.05, 4.69) is 24.1 Å². The zero-order valence-corrected chi connectivity index (χ0v) is 11.0. The average molecular weight is 234 g/mol. The molecule has 3 heteroatoms. The predicted molar refractivity (Wildman–Crippen MR) is 70.4 cm³/mol. The summed E-state index contributed by atoms with van der Waals surface area (Å²) in [4.78, 5) is 4.21. The number of methoxy groups -OCH3 is 1. The second-order valence-electron chi connectivity index (χ2n) is 5.64. The summed E-state index contributed by atoms with van der Waals surface area (Å²) in [5.41, 5.74) is 1.52. The zero-order valence-electron chi connectivity index (χ0n) is 11.0. The molecule has 0 amide bonds. The summed E-state index contributed by atoms with van der Waals surface area (Å²) in [6.07, 6.45) is 6.78. The Kier molecular flexibility index (Phi) is 3.55. The van der Waals surface area contributed by atoms with Gasteiger partial charge >= 0.3 is 0 Å². The van der Waals surface area contributed by atoms with E-state index in [1.54, 1.807) is 13.3 Å². The van der Waals surface area contributed by atoms with Gasteiger partial charge in [-0.1, -0.05) is 13.8 Å². The summed E-state index contributed by atoms with van der Waals surface area (Å²) < 4.78 is 5.25. The minimum Gasteiger partial charge on any atom is -0.480 e. The molecule has 0 aliphatic heterocycles. The monoisotopic (exact) mass is 234 g/mol. The Balaban J connectivity index is 1.98. The number of pyridine rings is 1. The van der Waals surface area contributed by atoms with Crippen LogP contribution < -0.4 is 10.1 Å². The van der Waals surface area contributed by atoms with E-state index >= 15 is 0 Å². The third-order valence-corrected chi connectivity index (χ3v) is 3.66. The van der Waals surface area contributed by atoms with Crippen molar-refractivity contribution in [1.82, 2.24) is 4.98 Å². The Morgan fingerprint density at radius 3 is 2.71 bits per heavy atom. The van der Waals surface area contributed by atoms with Crippen LogP contribution in [-0.4, -0.2) is 18.1 Å². The maximum Gasteiger partial charge on any atom is 0.237 e. The standard InChI is InChI=1S/C14H22N2O/c1-14(2)8-6-11(7-9-14)16-12-5-4-10-15-13(12)17-3/h4-5,10-11,16H,6-9H2,1-3H3. The van der Waals surface area contributed by atoms with E-state index in [0.29, 0.717) is 17.3 Å². The normalized spacial score (nSPS) is 19.9. The van der Waals surface area contributed by atoms with E-state index in [1.165, 1.54) is 25.7 Å². The fraction of sp³-hybridized carbons (Fsp3) is 0.643. The largest absolute Gasteiger partial charge is 0.480 e. The molecule has 1 aromatic rings. The van der Waals surface area contributed by atoms with Crippen LogP contribution >= 0.6 is 0 Å². The molecule has 0 atom stereocenters. The topological polar surface area (TPSA) is 34.1 Å². The molecule has 1 saturated carbocycles. The molecule has 0 bridgehead atoms. The molecule has 94 valence electrons. The van der Waals surface area contributed by atoms with Crippen molar-refractivity contribution in [2.45, 2.75) is 45.6 Å². The Hall–Kier alpha value is -1.25. The van der Waals surface area contributed by atoms with Gasteiger partial charge in [0.15, 0.2) is 0 Å². The fourth-order valence-electron chi connectivity index (χ4n) is 2.43. The minimum atomic E-state index is 0.511. The molecular weight excluding hydrogens is 212 g/mol. The predicted octanol–water partition coefficient (Wildman–Crippen LogP) is 3.47. The lowest BCUT2D eigenvalue weighted by molar-refractivity contribution is 0.232. The van der Waals surface area contributed by atoms with Gasteiger partial charge in [0.25, 0.3) is 0 Å². The lowest BCUT2D eigenvalue weighted by Crippen LogP contribution is -2.30. The van der Waals surface area contributed by atoms with Crippen molar-refractivity contribution >= 4 is 5.69 Å². The van der Waals surface area contributed by atoms with Gasteiger partial charge in [0.2, 0.25) is 5.88 Å². The van der Waals surface area contributed by atoms with Crippen LogP contribution in [0.4, 0.5) is 5.69 Å².